The standard InChI is InChI=1S/C36H39BN2O2/c1-22(2)31-18-16-24-15-17-29-30(21-32(23(3)4)39-34(29)33(24)38-31)27-13-9-11-25(19-27)26-12-10-14-28(20-26)37-40-35(5,6)36(7,8)41-37/h9-23H,1-8H3. The van der Waals surface area contributed by atoms with Gasteiger partial charge in [0.05, 0.1) is 22.2 Å². The second kappa shape index (κ2) is 10.1. The summed E-state index contributed by atoms with van der Waals surface area (Å²) in [5, 5.41) is 2.24. The van der Waals surface area contributed by atoms with Crippen molar-refractivity contribution in [2.75, 3.05) is 0 Å². The summed E-state index contributed by atoms with van der Waals surface area (Å²) in [5.74, 6) is 0.647. The molecule has 208 valence electrons. The van der Waals surface area contributed by atoms with E-state index in [1.54, 1.807) is 0 Å². The van der Waals surface area contributed by atoms with Gasteiger partial charge < -0.3 is 9.31 Å². The first kappa shape index (κ1) is 27.6. The number of pyridine rings is 2. The first-order valence-corrected chi connectivity index (χ1v) is 14.7. The molecule has 1 fully saturated rings. The molecule has 6 rings (SSSR count). The fraction of sp³-hybridized carbons (Fsp3) is 0.333. The fourth-order valence-electron chi connectivity index (χ4n) is 5.47. The molecular formula is C36H39BN2O2. The van der Waals surface area contributed by atoms with E-state index in [2.05, 4.69) is 134 Å². The number of benzene rings is 3. The van der Waals surface area contributed by atoms with E-state index in [0.29, 0.717) is 11.8 Å². The highest BCUT2D eigenvalue weighted by Gasteiger charge is 2.51. The molecule has 3 heterocycles. The van der Waals surface area contributed by atoms with Crippen LogP contribution in [0.1, 0.15) is 78.6 Å². The van der Waals surface area contributed by atoms with E-state index in [1.807, 2.05) is 0 Å². The summed E-state index contributed by atoms with van der Waals surface area (Å²) in [4.78, 5) is 10.2. The van der Waals surface area contributed by atoms with Gasteiger partial charge in [-0.15, -0.1) is 0 Å². The van der Waals surface area contributed by atoms with E-state index in [4.69, 9.17) is 19.3 Å². The summed E-state index contributed by atoms with van der Waals surface area (Å²) >= 11 is 0. The minimum Gasteiger partial charge on any atom is -0.399 e. The van der Waals surface area contributed by atoms with Gasteiger partial charge in [-0.2, -0.15) is 0 Å². The van der Waals surface area contributed by atoms with Gasteiger partial charge >= 0.3 is 7.12 Å². The Balaban J connectivity index is 1.47. The van der Waals surface area contributed by atoms with E-state index >= 15 is 0 Å². The van der Waals surface area contributed by atoms with E-state index < -0.39 is 7.12 Å². The van der Waals surface area contributed by atoms with E-state index in [1.165, 1.54) is 5.56 Å². The van der Waals surface area contributed by atoms with E-state index in [9.17, 15) is 0 Å². The van der Waals surface area contributed by atoms with Crippen molar-refractivity contribution in [2.24, 2.45) is 0 Å². The molecule has 3 aromatic carbocycles. The van der Waals surface area contributed by atoms with Gasteiger partial charge in [-0.05, 0) is 85.4 Å². The highest BCUT2D eigenvalue weighted by Crippen LogP contribution is 2.38. The Bertz CT molecular complexity index is 1760. The van der Waals surface area contributed by atoms with Crippen LogP contribution < -0.4 is 5.46 Å². The third-order valence-electron chi connectivity index (χ3n) is 8.78. The molecule has 1 saturated heterocycles. The summed E-state index contributed by atoms with van der Waals surface area (Å²) in [7, 11) is -0.391. The predicted molar refractivity (Wildman–Crippen MR) is 172 cm³/mol. The zero-order valence-corrected chi connectivity index (χ0v) is 25.4. The van der Waals surface area contributed by atoms with Crippen molar-refractivity contribution < 1.29 is 9.31 Å². The zero-order chi connectivity index (χ0) is 29.1. The molecule has 4 nitrogen and oxygen atoms in total. The summed E-state index contributed by atoms with van der Waals surface area (Å²) in [5.41, 5.74) is 9.02. The quantitative estimate of drug-likeness (QED) is 0.165. The van der Waals surface area contributed by atoms with Gasteiger partial charge in [-0.1, -0.05) is 88.4 Å². The minimum absolute atomic E-state index is 0.293. The molecule has 5 aromatic rings. The van der Waals surface area contributed by atoms with Gasteiger partial charge in [0.25, 0.3) is 0 Å². The molecule has 0 saturated carbocycles. The van der Waals surface area contributed by atoms with Crippen LogP contribution in [0.4, 0.5) is 0 Å². The van der Waals surface area contributed by atoms with Crippen molar-refractivity contribution in [1.29, 1.82) is 0 Å². The monoisotopic (exact) mass is 542 g/mol. The van der Waals surface area contributed by atoms with Gasteiger partial charge in [0.15, 0.2) is 0 Å². The Morgan fingerprint density at radius 3 is 1.88 bits per heavy atom. The molecule has 1 aliphatic heterocycles. The molecule has 0 atom stereocenters. The van der Waals surface area contributed by atoms with Crippen molar-refractivity contribution >= 4 is 34.4 Å². The van der Waals surface area contributed by atoms with Crippen molar-refractivity contribution in [2.45, 2.75) is 78.4 Å². The van der Waals surface area contributed by atoms with Gasteiger partial charge in [-0.3, -0.25) is 9.97 Å². The van der Waals surface area contributed by atoms with Gasteiger partial charge in [-0.25, -0.2) is 0 Å². The molecular weight excluding hydrogens is 503 g/mol. The van der Waals surface area contributed by atoms with Crippen LogP contribution in [0.2, 0.25) is 0 Å². The molecule has 2 aromatic heterocycles. The molecule has 0 spiro atoms. The number of rotatable bonds is 5. The highest BCUT2D eigenvalue weighted by atomic mass is 16.7. The highest BCUT2D eigenvalue weighted by molar-refractivity contribution is 6.62. The third kappa shape index (κ3) is 4.96. The van der Waals surface area contributed by atoms with Crippen LogP contribution in [-0.4, -0.2) is 28.3 Å². The Morgan fingerprint density at radius 1 is 0.610 bits per heavy atom. The summed E-state index contributed by atoms with van der Waals surface area (Å²) in [6.07, 6.45) is 0. The number of fused-ring (bicyclic) bond motifs is 3. The Morgan fingerprint density at radius 2 is 1.20 bits per heavy atom. The van der Waals surface area contributed by atoms with Crippen LogP contribution in [0, 0.1) is 0 Å². The van der Waals surface area contributed by atoms with Gasteiger partial charge in [0, 0.05) is 22.2 Å². The second-order valence-electron chi connectivity index (χ2n) is 13.0. The van der Waals surface area contributed by atoms with E-state index in [-0.39, 0.29) is 11.2 Å². The Labute approximate surface area is 244 Å². The van der Waals surface area contributed by atoms with Crippen LogP contribution >= 0.6 is 0 Å². The number of hydrogen-bond donors (Lipinski definition) is 0. The molecule has 0 N–H and O–H groups in total. The number of nitrogens with zero attached hydrogens (tertiary/aromatic N) is 2. The van der Waals surface area contributed by atoms with Gasteiger partial charge in [0.2, 0.25) is 0 Å². The molecule has 5 heteroatoms. The topological polar surface area (TPSA) is 44.2 Å². The maximum absolute atomic E-state index is 6.34. The van der Waals surface area contributed by atoms with Crippen LogP contribution in [0.15, 0.2) is 78.9 Å². The second-order valence-corrected chi connectivity index (χ2v) is 13.0. The molecule has 0 radical (unpaired) electrons. The number of hydrogen-bond acceptors (Lipinski definition) is 4. The Hall–Kier alpha value is -3.54. The van der Waals surface area contributed by atoms with Crippen molar-refractivity contribution in [3.05, 3.63) is 90.3 Å². The molecule has 0 unspecified atom stereocenters. The normalized spacial score (nSPS) is 16.4. The Kier molecular flexibility index (Phi) is 6.79. The molecule has 0 bridgehead atoms. The maximum atomic E-state index is 6.34. The van der Waals surface area contributed by atoms with Gasteiger partial charge in [0.1, 0.15) is 0 Å². The predicted octanol–water partition coefficient (Wildman–Crippen LogP) is 8.66. The zero-order valence-electron chi connectivity index (χ0n) is 25.4. The number of aromatic nitrogens is 2. The smallest absolute Gasteiger partial charge is 0.399 e. The average Bonchev–Trinajstić information content (AvgIpc) is 3.18. The first-order valence-electron chi connectivity index (χ1n) is 14.7. The van der Waals surface area contributed by atoms with Crippen LogP contribution in [0.3, 0.4) is 0 Å². The SMILES string of the molecule is CC(C)c1ccc2ccc3c(-c4cccc(-c5cccc(B6OC(C)(C)C(C)(C)O6)c5)c4)cc(C(C)C)nc3c2n1. The van der Waals surface area contributed by atoms with Crippen molar-refractivity contribution in [3.63, 3.8) is 0 Å². The largest absolute Gasteiger partial charge is 0.494 e. The maximum Gasteiger partial charge on any atom is 0.494 e. The molecule has 41 heavy (non-hydrogen) atoms. The van der Waals surface area contributed by atoms with Crippen molar-refractivity contribution in [3.8, 4) is 22.3 Å². The molecule has 0 aliphatic carbocycles. The van der Waals surface area contributed by atoms with Crippen LogP contribution in [0.5, 0.6) is 0 Å². The average molecular weight is 543 g/mol. The molecule has 0 amide bonds. The molecule has 1 aliphatic rings. The van der Waals surface area contributed by atoms with E-state index in [0.717, 1.165) is 55.3 Å². The van der Waals surface area contributed by atoms with Crippen LogP contribution in [-0.2, 0) is 9.31 Å². The summed E-state index contributed by atoms with van der Waals surface area (Å²) in [6, 6.07) is 28.3. The fourth-order valence-corrected chi connectivity index (χ4v) is 5.47. The van der Waals surface area contributed by atoms with Crippen LogP contribution in [0.25, 0.3) is 44.1 Å². The third-order valence-corrected chi connectivity index (χ3v) is 8.78. The lowest BCUT2D eigenvalue weighted by molar-refractivity contribution is 0.00578. The summed E-state index contributed by atoms with van der Waals surface area (Å²) < 4.78 is 12.7. The first-order chi connectivity index (χ1) is 19.4. The summed E-state index contributed by atoms with van der Waals surface area (Å²) in [6.45, 7) is 17.1. The lowest BCUT2D eigenvalue weighted by Gasteiger charge is -2.32. The lowest BCUT2D eigenvalue weighted by atomic mass is 9.78. The lowest BCUT2D eigenvalue weighted by Crippen LogP contribution is -2.41. The minimum atomic E-state index is -0.391. The van der Waals surface area contributed by atoms with Crippen molar-refractivity contribution in [1.82, 2.24) is 9.97 Å².